The maximum Gasteiger partial charge on any atom is 0.375 e. The van der Waals surface area contributed by atoms with E-state index in [9.17, 15) is 22.4 Å². The Hall–Kier alpha value is -3.24. The number of halogens is 1. The van der Waals surface area contributed by atoms with Crippen LogP contribution in [0.1, 0.15) is 21.7 Å². The molecule has 30 heavy (non-hydrogen) atoms. The lowest BCUT2D eigenvalue weighted by Gasteiger charge is -2.07. The van der Waals surface area contributed by atoms with Gasteiger partial charge in [0.25, 0.3) is 5.91 Å². The van der Waals surface area contributed by atoms with E-state index >= 15 is 0 Å². The van der Waals surface area contributed by atoms with E-state index in [1.807, 2.05) is 0 Å². The van der Waals surface area contributed by atoms with Crippen LogP contribution >= 0.6 is 0 Å². The predicted molar refractivity (Wildman–Crippen MR) is 106 cm³/mol. The van der Waals surface area contributed by atoms with Gasteiger partial charge in [-0.2, -0.15) is 0 Å². The minimum Gasteiger partial charge on any atom is -0.450 e. The van der Waals surface area contributed by atoms with Gasteiger partial charge in [-0.15, -0.1) is 0 Å². The largest absolute Gasteiger partial charge is 0.450 e. The molecule has 158 valence electrons. The monoisotopic (exact) mass is 434 g/mol. The summed E-state index contributed by atoms with van der Waals surface area (Å²) in [7, 11) is -3.75. The molecule has 0 fully saturated rings. The highest BCUT2D eigenvalue weighted by Crippen LogP contribution is 2.27. The number of ether oxygens (including phenoxy) is 1. The molecule has 0 aliphatic heterocycles. The van der Waals surface area contributed by atoms with Crippen molar-refractivity contribution in [2.45, 2.75) is 18.2 Å². The molecule has 10 heteroatoms. The molecule has 1 heterocycles. The molecule has 3 N–H and O–H groups in total. The number of fused-ring (bicyclic) bond motifs is 1. The Labute approximate surface area is 171 Å². The molecular formula is C20H19FN2O6S. The molecule has 0 aliphatic carbocycles. The van der Waals surface area contributed by atoms with Crippen molar-refractivity contribution in [3.8, 4) is 0 Å². The summed E-state index contributed by atoms with van der Waals surface area (Å²) in [6, 6.07) is 10.3. The van der Waals surface area contributed by atoms with Gasteiger partial charge in [-0.1, -0.05) is 24.3 Å². The molecular weight excluding hydrogens is 415 g/mol. The summed E-state index contributed by atoms with van der Waals surface area (Å²) in [6.07, 6.45) is 0.437. The molecule has 0 unspecified atom stereocenters. The van der Waals surface area contributed by atoms with Crippen LogP contribution in [-0.2, 0) is 26.0 Å². The summed E-state index contributed by atoms with van der Waals surface area (Å²) in [5, 5.41) is 8.08. The molecule has 2 aromatic carbocycles. The summed E-state index contributed by atoms with van der Waals surface area (Å²) in [5.41, 5.74) is 1.18. The van der Waals surface area contributed by atoms with Crippen LogP contribution in [-0.4, -0.2) is 33.4 Å². The van der Waals surface area contributed by atoms with Gasteiger partial charge in [0, 0.05) is 17.5 Å². The third kappa shape index (κ3) is 4.84. The van der Waals surface area contributed by atoms with Crippen molar-refractivity contribution in [2.75, 3.05) is 13.2 Å². The number of hydrogen-bond donors (Lipinski definition) is 2. The van der Waals surface area contributed by atoms with Crippen LogP contribution in [0, 0.1) is 12.7 Å². The number of carbonyl (C=O) groups is 2. The molecule has 8 nitrogen and oxygen atoms in total. The zero-order valence-corrected chi connectivity index (χ0v) is 16.8. The number of para-hydroxylation sites is 1. The van der Waals surface area contributed by atoms with E-state index in [2.05, 4.69) is 5.32 Å². The zero-order chi connectivity index (χ0) is 21.9. The van der Waals surface area contributed by atoms with E-state index in [1.165, 1.54) is 24.3 Å². The first-order chi connectivity index (χ1) is 14.2. The smallest absolute Gasteiger partial charge is 0.375 e. The number of nitrogens with two attached hydrogens (primary N) is 1. The van der Waals surface area contributed by atoms with E-state index in [0.29, 0.717) is 17.4 Å². The first-order valence-electron chi connectivity index (χ1n) is 8.90. The first-order valence-corrected chi connectivity index (χ1v) is 10.4. The summed E-state index contributed by atoms with van der Waals surface area (Å²) < 4.78 is 46.4. The summed E-state index contributed by atoms with van der Waals surface area (Å²) in [6.45, 7) is 1.32. The van der Waals surface area contributed by atoms with E-state index in [-0.39, 0.29) is 22.8 Å². The third-order valence-corrected chi connectivity index (χ3v) is 5.35. The molecule has 0 bridgehead atoms. The van der Waals surface area contributed by atoms with E-state index in [0.717, 1.165) is 5.56 Å². The molecule has 0 saturated carbocycles. The van der Waals surface area contributed by atoms with Crippen molar-refractivity contribution in [2.24, 2.45) is 5.14 Å². The number of esters is 1. The Morgan fingerprint density at radius 1 is 1.17 bits per heavy atom. The quantitative estimate of drug-likeness (QED) is 0.548. The SMILES string of the molecule is Cc1c(C(=O)OCC(=O)NCCc2ccc(S(N)(=O)=O)cc2)oc2c(F)cccc12. The lowest BCUT2D eigenvalue weighted by molar-refractivity contribution is -0.124. The number of nitrogens with one attached hydrogen (secondary N) is 1. The topological polar surface area (TPSA) is 129 Å². The van der Waals surface area contributed by atoms with Crippen molar-refractivity contribution >= 4 is 32.9 Å². The fourth-order valence-electron chi connectivity index (χ4n) is 2.84. The molecule has 0 saturated heterocycles. The number of sulfonamides is 1. The summed E-state index contributed by atoms with van der Waals surface area (Å²) in [5.74, 6) is -2.14. The van der Waals surface area contributed by atoms with Gasteiger partial charge in [0.15, 0.2) is 18.0 Å². The molecule has 3 aromatic rings. The summed E-state index contributed by atoms with van der Waals surface area (Å²) >= 11 is 0. The Balaban J connectivity index is 1.50. The molecule has 0 atom stereocenters. The number of primary sulfonamides is 1. The molecule has 1 amide bonds. The second-order valence-electron chi connectivity index (χ2n) is 6.54. The van der Waals surface area contributed by atoms with Crippen LogP contribution < -0.4 is 10.5 Å². The van der Waals surface area contributed by atoms with E-state index < -0.39 is 34.3 Å². The van der Waals surface area contributed by atoms with Crippen LogP contribution in [0.3, 0.4) is 0 Å². The summed E-state index contributed by atoms with van der Waals surface area (Å²) in [4.78, 5) is 24.1. The number of carbonyl (C=O) groups excluding carboxylic acids is 2. The van der Waals surface area contributed by atoms with Crippen LogP contribution in [0.5, 0.6) is 0 Å². The Morgan fingerprint density at radius 3 is 2.50 bits per heavy atom. The normalized spacial score (nSPS) is 11.4. The van der Waals surface area contributed by atoms with Gasteiger partial charge in [0.1, 0.15) is 0 Å². The molecule has 3 rings (SSSR count). The van der Waals surface area contributed by atoms with Crippen molar-refractivity contribution in [3.05, 3.63) is 65.2 Å². The Bertz CT molecular complexity index is 1200. The second kappa shape index (κ2) is 8.64. The van der Waals surface area contributed by atoms with Crippen molar-refractivity contribution < 1.29 is 31.6 Å². The maximum absolute atomic E-state index is 13.8. The number of rotatable bonds is 7. The average Bonchev–Trinajstić information content (AvgIpc) is 3.04. The Morgan fingerprint density at radius 2 is 1.87 bits per heavy atom. The predicted octanol–water partition coefficient (Wildman–Crippen LogP) is 2.04. The van der Waals surface area contributed by atoms with Crippen LogP contribution in [0.2, 0.25) is 0 Å². The first kappa shape index (κ1) is 21.5. The third-order valence-electron chi connectivity index (χ3n) is 4.42. The highest BCUT2D eigenvalue weighted by Gasteiger charge is 2.21. The van der Waals surface area contributed by atoms with Crippen molar-refractivity contribution in [3.63, 3.8) is 0 Å². The standard InChI is InChI=1S/C20H19FN2O6S/c1-12-15-3-2-4-16(21)19(15)29-18(12)20(25)28-11-17(24)23-10-9-13-5-7-14(8-6-13)30(22,26)27/h2-8H,9-11H2,1H3,(H,23,24)(H2,22,26,27). The lowest BCUT2D eigenvalue weighted by atomic mass is 10.1. The van der Waals surface area contributed by atoms with E-state index in [1.54, 1.807) is 25.1 Å². The van der Waals surface area contributed by atoms with Crippen LogP contribution in [0.15, 0.2) is 51.8 Å². The number of aryl methyl sites for hydroxylation is 1. The fraction of sp³-hybridized carbons (Fsp3) is 0.200. The minimum absolute atomic E-state index is 0.00274. The second-order valence-corrected chi connectivity index (χ2v) is 8.10. The fourth-order valence-corrected chi connectivity index (χ4v) is 3.36. The molecule has 0 aliphatic rings. The van der Waals surface area contributed by atoms with Gasteiger partial charge in [-0.3, -0.25) is 4.79 Å². The molecule has 0 spiro atoms. The van der Waals surface area contributed by atoms with Gasteiger partial charge in [-0.25, -0.2) is 22.7 Å². The lowest BCUT2D eigenvalue weighted by Crippen LogP contribution is -2.30. The average molecular weight is 434 g/mol. The van der Waals surface area contributed by atoms with Gasteiger partial charge >= 0.3 is 5.97 Å². The minimum atomic E-state index is -3.75. The number of amides is 1. The van der Waals surface area contributed by atoms with Gasteiger partial charge < -0.3 is 14.5 Å². The number of hydrogen-bond acceptors (Lipinski definition) is 6. The highest BCUT2D eigenvalue weighted by atomic mass is 32.2. The Kier molecular flexibility index (Phi) is 6.18. The van der Waals surface area contributed by atoms with Gasteiger partial charge in [-0.05, 0) is 37.1 Å². The van der Waals surface area contributed by atoms with Gasteiger partial charge in [0.05, 0.1) is 4.90 Å². The molecule has 1 aromatic heterocycles. The maximum atomic E-state index is 13.8. The highest BCUT2D eigenvalue weighted by molar-refractivity contribution is 7.89. The van der Waals surface area contributed by atoms with E-state index in [4.69, 9.17) is 14.3 Å². The number of benzene rings is 2. The zero-order valence-electron chi connectivity index (χ0n) is 16.0. The van der Waals surface area contributed by atoms with Crippen molar-refractivity contribution in [1.29, 1.82) is 0 Å². The van der Waals surface area contributed by atoms with Crippen LogP contribution in [0.25, 0.3) is 11.0 Å². The van der Waals surface area contributed by atoms with Crippen LogP contribution in [0.4, 0.5) is 4.39 Å². The number of furan rings is 1. The molecule has 0 radical (unpaired) electrons. The van der Waals surface area contributed by atoms with Crippen molar-refractivity contribution in [1.82, 2.24) is 5.32 Å². The van der Waals surface area contributed by atoms with Gasteiger partial charge in [0.2, 0.25) is 15.8 Å².